The van der Waals surface area contributed by atoms with Gasteiger partial charge in [0.05, 0.1) is 0 Å². The zero-order valence-electron chi connectivity index (χ0n) is 17.0. The summed E-state index contributed by atoms with van der Waals surface area (Å²) in [5, 5.41) is 9.37. The Hall–Kier alpha value is -4.24. The van der Waals surface area contributed by atoms with Gasteiger partial charge in [0.25, 0.3) is 5.69 Å². The van der Waals surface area contributed by atoms with Crippen LogP contribution in [0.2, 0.25) is 0 Å². The van der Waals surface area contributed by atoms with Crippen molar-refractivity contribution in [1.82, 2.24) is 0 Å². The lowest BCUT2D eigenvalue weighted by Gasteiger charge is -2.17. The van der Waals surface area contributed by atoms with E-state index in [1.54, 1.807) is 6.07 Å². The molecule has 0 fully saturated rings. The number of hydrogen-bond acceptors (Lipinski definition) is 4. The van der Waals surface area contributed by atoms with E-state index in [-0.39, 0.29) is 0 Å². The minimum atomic E-state index is -0.978. The highest BCUT2D eigenvalue weighted by atomic mass is 16.7. The Morgan fingerprint density at radius 3 is 1.94 bits per heavy atom. The van der Waals surface area contributed by atoms with E-state index < -0.39 is 7.32 Å². The molecule has 0 aliphatic rings. The second-order valence-electron chi connectivity index (χ2n) is 6.79. The van der Waals surface area contributed by atoms with Crippen molar-refractivity contribution in [2.45, 2.75) is 6.92 Å². The number of aromatic nitrogens is 1. The summed E-state index contributed by atoms with van der Waals surface area (Å²) in [6.45, 7) is 1.94. The van der Waals surface area contributed by atoms with Gasteiger partial charge in [0.1, 0.15) is 17.2 Å². The van der Waals surface area contributed by atoms with Gasteiger partial charge in [-0.3, -0.25) is 0 Å². The van der Waals surface area contributed by atoms with E-state index in [2.05, 4.69) is 6.07 Å². The molecular weight excluding hydrogens is 387 g/mol. The number of hydrogen-bond donors (Lipinski definition) is 0. The number of pyridine rings is 1. The van der Waals surface area contributed by atoms with Crippen LogP contribution in [0.25, 0.3) is 5.69 Å². The van der Waals surface area contributed by atoms with Gasteiger partial charge in [0, 0.05) is 24.3 Å². The Morgan fingerprint density at radius 2 is 1.35 bits per heavy atom. The van der Waals surface area contributed by atoms with Crippen LogP contribution in [0.15, 0.2) is 103 Å². The molecule has 0 saturated carbocycles. The molecular formula is C25H20BN2O3+. The molecule has 31 heavy (non-hydrogen) atoms. The molecule has 0 atom stereocenters. The minimum absolute atomic E-state index is 0.549. The summed E-state index contributed by atoms with van der Waals surface area (Å²) in [6.07, 6.45) is 1.85. The van der Waals surface area contributed by atoms with Gasteiger partial charge >= 0.3 is 7.32 Å². The molecule has 5 nitrogen and oxygen atoms in total. The van der Waals surface area contributed by atoms with Crippen LogP contribution in [0.1, 0.15) is 11.3 Å². The molecule has 0 spiro atoms. The van der Waals surface area contributed by atoms with Crippen molar-refractivity contribution in [3.8, 4) is 29.0 Å². The van der Waals surface area contributed by atoms with E-state index in [4.69, 9.17) is 14.0 Å². The molecule has 0 amide bonds. The molecule has 0 aliphatic heterocycles. The Kier molecular flexibility index (Phi) is 6.15. The lowest BCUT2D eigenvalue weighted by molar-refractivity contribution is -0.598. The fourth-order valence-electron chi connectivity index (χ4n) is 3.07. The summed E-state index contributed by atoms with van der Waals surface area (Å²) < 4.78 is 19.8. The smallest absolute Gasteiger partial charge is 0.490 e. The van der Waals surface area contributed by atoms with Gasteiger partial charge in [-0.15, -0.1) is 0 Å². The highest BCUT2D eigenvalue weighted by Crippen LogP contribution is 2.22. The monoisotopic (exact) mass is 407 g/mol. The summed E-state index contributed by atoms with van der Waals surface area (Å²) in [5.74, 6) is 1.89. The van der Waals surface area contributed by atoms with Gasteiger partial charge in [0.2, 0.25) is 5.69 Å². The van der Waals surface area contributed by atoms with E-state index >= 15 is 0 Å². The van der Waals surface area contributed by atoms with Crippen LogP contribution in [0.5, 0.6) is 17.2 Å². The zero-order chi connectivity index (χ0) is 21.5. The number of para-hydroxylation sites is 2. The second kappa shape index (κ2) is 9.51. The first-order valence-corrected chi connectivity index (χ1v) is 9.85. The van der Waals surface area contributed by atoms with Gasteiger partial charge < -0.3 is 14.0 Å². The van der Waals surface area contributed by atoms with Crippen LogP contribution in [-0.4, -0.2) is 7.32 Å². The predicted molar refractivity (Wildman–Crippen MR) is 118 cm³/mol. The van der Waals surface area contributed by atoms with Crippen LogP contribution >= 0.6 is 0 Å². The maximum Gasteiger partial charge on any atom is 0.864 e. The Labute approximate surface area is 181 Å². The lowest BCUT2D eigenvalue weighted by Crippen LogP contribution is -2.37. The Morgan fingerprint density at radius 1 is 0.742 bits per heavy atom. The fourth-order valence-corrected chi connectivity index (χ4v) is 3.07. The standard InChI is InChI=1S/C25H20BN2O3/c1-20-18-21(28-17-9-8-10-22(28)19-27)15-16-25(20)31-26(29-23-11-4-2-5-12-23)30-24-13-6-3-7-14-24/h2-18H,1H3/q+1. The van der Waals surface area contributed by atoms with E-state index in [9.17, 15) is 5.26 Å². The molecule has 4 aromatic rings. The van der Waals surface area contributed by atoms with Crippen molar-refractivity contribution in [2.24, 2.45) is 0 Å². The SMILES string of the molecule is Cc1cc(-[n+]2ccccc2C#N)ccc1OB(Oc1ccccc1)Oc1ccccc1. The largest absolute Gasteiger partial charge is 0.864 e. The van der Waals surface area contributed by atoms with Crippen molar-refractivity contribution in [1.29, 1.82) is 5.26 Å². The molecule has 1 aromatic heterocycles. The van der Waals surface area contributed by atoms with E-state index in [0.717, 1.165) is 11.3 Å². The Balaban J connectivity index is 1.59. The van der Waals surface area contributed by atoms with E-state index in [1.807, 2.05) is 109 Å². The van der Waals surface area contributed by atoms with Gasteiger partial charge in [0.15, 0.2) is 12.3 Å². The fraction of sp³-hybridized carbons (Fsp3) is 0.0400. The molecule has 1 heterocycles. The maximum absolute atomic E-state index is 9.37. The summed E-state index contributed by atoms with van der Waals surface area (Å²) in [7, 11) is -0.978. The van der Waals surface area contributed by atoms with Crippen LogP contribution in [-0.2, 0) is 0 Å². The maximum atomic E-state index is 9.37. The lowest BCUT2D eigenvalue weighted by atomic mass is 10.1. The zero-order valence-corrected chi connectivity index (χ0v) is 17.0. The molecule has 0 saturated heterocycles. The second-order valence-corrected chi connectivity index (χ2v) is 6.79. The van der Waals surface area contributed by atoms with Crippen molar-refractivity contribution in [3.63, 3.8) is 0 Å². The van der Waals surface area contributed by atoms with Gasteiger partial charge in [-0.05, 0) is 48.9 Å². The van der Waals surface area contributed by atoms with Crippen molar-refractivity contribution in [3.05, 3.63) is 115 Å². The quantitative estimate of drug-likeness (QED) is 0.330. The van der Waals surface area contributed by atoms with Crippen molar-refractivity contribution >= 4 is 7.32 Å². The van der Waals surface area contributed by atoms with E-state index in [0.29, 0.717) is 22.9 Å². The number of benzene rings is 3. The van der Waals surface area contributed by atoms with Crippen molar-refractivity contribution < 1.29 is 18.5 Å². The van der Waals surface area contributed by atoms with Crippen LogP contribution in [0, 0.1) is 18.3 Å². The minimum Gasteiger partial charge on any atom is -0.490 e. The van der Waals surface area contributed by atoms with Crippen LogP contribution in [0.4, 0.5) is 0 Å². The van der Waals surface area contributed by atoms with Crippen molar-refractivity contribution in [2.75, 3.05) is 0 Å². The number of aryl methyl sites for hydroxylation is 1. The Bertz CT molecular complexity index is 1150. The number of nitriles is 1. The molecule has 0 radical (unpaired) electrons. The van der Waals surface area contributed by atoms with Crippen LogP contribution in [0.3, 0.4) is 0 Å². The topological polar surface area (TPSA) is 55.4 Å². The first kappa shape index (κ1) is 20.1. The molecule has 0 aliphatic carbocycles. The van der Waals surface area contributed by atoms with Gasteiger partial charge in [-0.2, -0.15) is 9.83 Å². The predicted octanol–water partition coefficient (Wildman–Crippen LogP) is 4.67. The normalized spacial score (nSPS) is 10.1. The number of rotatable bonds is 7. The average Bonchev–Trinajstić information content (AvgIpc) is 2.81. The summed E-state index contributed by atoms with van der Waals surface area (Å²) >= 11 is 0. The molecule has 0 unspecified atom stereocenters. The molecule has 3 aromatic carbocycles. The van der Waals surface area contributed by atoms with E-state index in [1.165, 1.54) is 0 Å². The van der Waals surface area contributed by atoms with Gasteiger partial charge in [-0.25, -0.2) is 0 Å². The van der Waals surface area contributed by atoms with Gasteiger partial charge in [-0.1, -0.05) is 36.4 Å². The molecule has 0 bridgehead atoms. The first-order valence-electron chi connectivity index (χ1n) is 9.85. The molecule has 0 N–H and O–H groups in total. The third kappa shape index (κ3) is 5.03. The molecule has 4 rings (SSSR count). The third-order valence-electron chi connectivity index (χ3n) is 4.59. The summed E-state index contributed by atoms with van der Waals surface area (Å²) in [4.78, 5) is 0. The molecule has 150 valence electrons. The van der Waals surface area contributed by atoms with Crippen LogP contribution < -0.4 is 18.5 Å². The third-order valence-corrected chi connectivity index (χ3v) is 4.59. The first-order chi connectivity index (χ1) is 15.2. The highest BCUT2D eigenvalue weighted by Gasteiger charge is 2.31. The number of nitrogens with zero attached hydrogens (tertiary/aromatic N) is 2. The summed E-state index contributed by atoms with van der Waals surface area (Å²) in [5.41, 5.74) is 2.30. The summed E-state index contributed by atoms with van der Waals surface area (Å²) in [6, 6.07) is 32.2. The molecule has 6 heteroatoms. The highest BCUT2D eigenvalue weighted by molar-refractivity contribution is 6.39. The average molecular weight is 407 g/mol.